The molecule has 7 nitrogen and oxygen atoms in total. The van der Waals surface area contributed by atoms with Gasteiger partial charge in [-0.25, -0.2) is 14.4 Å². The summed E-state index contributed by atoms with van der Waals surface area (Å²) in [6.07, 6.45) is 9.99. The molecule has 4 heterocycles. The van der Waals surface area contributed by atoms with Crippen LogP contribution < -0.4 is 0 Å². The number of aromatic nitrogens is 5. The van der Waals surface area contributed by atoms with Gasteiger partial charge in [0.05, 0.1) is 5.69 Å². The summed E-state index contributed by atoms with van der Waals surface area (Å²) >= 11 is 0. The van der Waals surface area contributed by atoms with Gasteiger partial charge in [0.25, 0.3) is 5.91 Å². The number of piperidine rings is 1. The lowest BCUT2D eigenvalue weighted by molar-refractivity contribution is 0.0672. The van der Waals surface area contributed by atoms with Crippen molar-refractivity contribution in [2.45, 2.75) is 32.6 Å². The summed E-state index contributed by atoms with van der Waals surface area (Å²) < 4.78 is 13.5. The average molecular weight is 471 g/mol. The van der Waals surface area contributed by atoms with Crippen molar-refractivity contribution >= 4 is 5.91 Å². The van der Waals surface area contributed by atoms with Gasteiger partial charge in [0.1, 0.15) is 11.5 Å². The maximum atomic E-state index is 13.5. The highest BCUT2D eigenvalue weighted by Crippen LogP contribution is 2.25. The van der Waals surface area contributed by atoms with Crippen molar-refractivity contribution in [2.75, 3.05) is 13.1 Å². The van der Waals surface area contributed by atoms with E-state index in [2.05, 4.69) is 24.9 Å². The monoisotopic (exact) mass is 470 g/mol. The minimum atomic E-state index is -0.275. The van der Waals surface area contributed by atoms with E-state index in [4.69, 9.17) is 0 Å². The van der Waals surface area contributed by atoms with Crippen LogP contribution in [0.3, 0.4) is 0 Å². The lowest BCUT2D eigenvalue weighted by Gasteiger charge is -2.33. The first-order valence-electron chi connectivity index (χ1n) is 11.9. The Kier molecular flexibility index (Phi) is 6.61. The van der Waals surface area contributed by atoms with Gasteiger partial charge in [-0.1, -0.05) is 12.1 Å². The molecule has 1 amide bonds. The Bertz CT molecular complexity index is 1340. The predicted octanol–water partition coefficient (Wildman–Crippen LogP) is 4.39. The van der Waals surface area contributed by atoms with E-state index in [0.717, 1.165) is 60.0 Å². The Balaban J connectivity index is 1.28. The molecular weight excluding hydrogens is 443 g/mol. The molecule has 178 valence electrons. The molecular formula is C27H27FN6O. The van der Waals surface area contributed by atoms with Crippen LogP contribution >= 0.6 is 0 Å². The molecule has 4 aromatic rings. The fourth-order valence-electron chi connectivity index (χ4n) is 4.68. The first-order chi connectivity index (χ1) is 17.0. The number of aromatic amines is 1. The van der Waals surface area contributed by atoms with Crippen LogP contribution in [-0.2, 0) is 12.8 Å². The fourth-order valence-corrected chi connectivity index (χ4v) is 4.68. The van der Waals surface area contributed by atoms with Crippen LogP contribution in [0, 0.1) is 18.7 Å². The summed E-state index contributed by atoms with van der Waals surface area (Å²) in [5, 5.41) is 0. The summed E-state index contributed by atoms with van der Waals surface area (Å²) in [5.74, 6) is 0.728. The number of carbonyl (C=O) groups excluding carboxylic acids is 1. The van der Waals surface area contributed by atoms with Crippen molar-refractivity contribution in [3.05, 3.63) is 95.2 Å². The third kappa shape index (κ3) is 5.42. The highest BCUT2D eigenvalue weighted by molar-refractivity contribution is 5.94. The van der Waals surface area contributed by atoms with E-state index in [1.807, 2.05) is 24.0 Å². The van der Waals surface area contributed by atoms with Crippen molar-refractivity contribution in [2.24, 2.45) is 5.92 Å². The molecule has 0 spiro atoms. The number of nitrogens with zero attached hydrogens (tertiary/aromatic N) is 5. The molecule has 1 aliphatic rings. The highest BCUT2D eigenvalue weighted by Gasteiger charge is 2.26. The Hall–Kier alpha value is -3.94. The lowest BCUT2D eigenvalue weighted by Crippen LogP contribution is -2.40. The van der Waals surface area contributed by atoms with Gasteiger partial charge in [0.15, 0.2) is 5.82 Å². The number of nitrogens with one attached hydrogen (secondary N) is 1. The predicted molar refractivity (Wildman–Crippen MR) is 130 cm³/mol. The van der Waals surface area contributed by atoms with Gasteiger partial charge in [-0.15, -0.1) is 0 Å². The molecule has 0 bridgehead atoms. The van der Waals surface area contributed by atoms with Crippen LogP contribution in [0.1, 0.15) is 45.8 Å². The fraction of sp³-hybridized carbons (Fsp3) is 0.296. The minimum Gasteiger partial charge on any atom is -0.341 e. The van der Waals surface area contributed by atoms with Gasteiger partial charge in [0.2, 0.25) is 0 Å². The van der Waals surface area contributed by atoms with Crippen LogP contribution in [0.4, 0.5) is 4.39 Å². The van der Waals surface area contributed by atoms with Crippen molar-refractivity contribution in [3.63, 3.8) is 0 Å². The standard InChI is InChI=1S/C27H27FN6O/c1-18-16-32-26(33-18)25-24(30-9-10-31-25)14-20-5-3-11-34(17-20)27(35)21-7-8-29-23(15-21)13-19-4-2-6-22(28)12-19/h2,4,6-10,12,15-16,20H,3,5,11,13-14,17H2,1H3,(H,32,33)/t20-/m1/s1. The first kappa shape index (κ1) is 22.8. The third-order valence-electron chi connectivity index (χ3n) is 6.33. The van der Waals surface area contributed by atoms with Crippen LogP contribution in [-0.4, -0.2) is 48.8 Å². The molecule has 8 heteroatoms. The molecule has 3 aromatic heterocycles. The van der Waals surface area contributed by atoms with Gasteiger partial charge in [0, 0.05) is 61.2 Å². The molecule has 1 aromatic carbocycles. The normalized spacial score (nSPS) is 15.8. The summed E-state index contributed by atoms with van der Waals surface area (Å²) in [4.78, 5) is 36.4. The number of hydrogen-bond acceptors (Lipinski definition) is 5. The van der Waals surface area contributed by atoms with E-state index in [9.17, 15) is 9.18 Å². The van der Waals surface area contributed by atoms with Gasteiger partial charge in [-0.05, 0) is 61.9 Å². The van der Waals surface area contributed by atoms with E-state index in [-0.39, 0.29) is 17.6 Å². The summed E-state index contributed by atoms with van der Waals surface area (Å²) in [6, 6.07) is 10.0. The van der Waals surface area contributed by atoms with E-state index in [1.54, 1.807) is 36.9 Å². The Labute approximate surface area is 203 Å². The average Bonchev–Trinajstić information content (AvgIpc) is 3.30. The molecule has 1 fully saturated rings. The third-order valence-corrected chi connectivity index (χ3v) is 6.33. The van der Waals surface area contributed by atoms with E-state index in [1.165, 1.54) is 12.1 Å². The smallest absolute Gasteiger partial charge is 0.253 e. The number of aryl methyl sites for hydroxylation is 1. The van der Waals surface area contributed by atoms with Crippen molar-refractivity contribution in [1.82, 2.24) is 29.8 Å². The zero-order valence-electron chi connectivity index (χ0n) is 19.6. The Morgan fingerprint density at radius 1 is 1.11 bits per heavy atom. The topological polar surface area (TPSA) is 87.7 Å². The second-order valence-electron chi connectivity index (χ2n) is 9.07. The largest absolute Gasteiger partial charge is 0.341 e. The van der Waals surface area contributed by atoms with Crippen LogP contribution in [0.25, 0.3) is 11.5 Å². The number of carbonyl (C=O) groups is 1. The molecule has 5 rings (SSSR count). The summed E-state index contributed by atoms with van der Waals surface area (Å²) in [5.41, 5.74) is 4.81. The van der Waals surface area contributed by atoms with E-state index in [0.29, 0.717) is 18.5 Å². The molecule has 35 heavy (non-hydrogen) atoms. The number of hydrogen-bond donors (Lipinski definition) is 1. The maximum Gasteiger partial charge on any atom is 0.253 e. The van der Waals surface area contributed by atoms with Crippen molar-refractivity contribution < 1.29 is 9.18 Å². The zero-order valence-corrected chi connectivity index (χ0v) is 19.6. The first-order valence-corrected chi connectivity index (χ1v) is 11.9. The number of likely N-dealkylation sites (tertiary alicyclic amines) is 1. The number of benzene rings is 1. The van der Waals surface area contributed by atoms with Crippen molar-refractivity contribution in [1.29, 1.82) is 0 Å². The SMILES string of the molecule is Cc1cnc(-c2nccnc2C[C@H]2CCCN(C(=O)c3ccnc(Cc4cccc(F)c4)c3)C2)[nH]1. The maximum absolute atomic E-state index is 13.5. The van der Waals surface area contributed by atoms with Crippen LogP contribution in [0.5, 0.6) is 0 Å². The summed E-state index contributed by atoms with van der Waals surface area (Å²) in [7, 11) is 0. The van der Waals surface area contributed by atoms with E-state index >= 15 is 0 Å². The van der Waals surface area contributed by atoms with Crippen molar-refractivity contribution in [3.8, 4) is 11.5 Å². The number of H-pyrrole nitrogens is 1. The second kappa shape index (κ2) is 10.1. The lowest BCUT2D eigenvalue weighted by atomic mass is 9.92. The Morgan fingerprint density at radius 3 is 2.83 bits per heavy atom. The second-order valence-corrected chi connectivity index (χ2v) is 9.07. The molecule has 0 aliphatic carbocycles. The number of rotatable bonds is 6. The van der Waals surface area contributed by atoms with Crippen LogP contribution in [0.15, 0.2) is 61.2 Å². The molecule has 0 unspecified atom stereocenters. The quantitative estimate of drug-likeness (QED) is 0.451. The summed E-state index contributed by atoms with van der Waals surface area (Å²) in [6.45, 7) is 3.34. The molecule has 0 saturated carbocycles. The van der Waals surface area contributed by atoms with Gasteiger partial charge in [-0.3, -0.25) is 14.8 Å². The van der Waals surface area contributed by atoms with Gasteiger partial charge < -0.3 is 9.88 Å². The molecule has 1 atom stereocenters. The van der Waals surface area contributed by atoms with Crippen LogP contribution in [0.2, 0.25) is 0 Å². The molecule has 1 saturated heterocycles. The molecule has 0 radical (unpaired) electrons. The number of amides is 1. The zero-order chi connectivity index (χ0) is 24.2. The molecule has 1 N–H and O–H groups in total. The Morgan fingerprint density at radius 2 is 2.00 bits per heavy atom. The van der Waals surface area contributed by atoms with Gasteiger partial charge >= 0.3 is 0 Å². The van der Waals surface area contributed by atoms with E-state index < -0.39 is 0 Å². The van der Waals surface area contributed by atoms with Gasteiger partial charge in [-0.2, -0.15) is 0 Å². The number of halogens is 1. The highest BCUT2D eigenvalue weighted by atomic mass is 19.1. The molecule has 1 aliphatic heterocycles. The minimum absolute atomic E-state index is 0.00128. The number of imidazole rings is 1. The number of pyridine rings is 1.